The van der Waals surface area contributed by atoms with Gasteiger partial charge in [-0.25, -0.2) is 0 Å². The molecule has 1 heterocycles. The SMILES string of the molecule is Cc1ccc(C(C)NCc2ccc(-c3ccc(Cl)c(C(=O)NC(CC(=O)NCCCO)Cc4ccc(C#N)cc4)c3)o2)cc1. The third-order valence-corrected chi connectivity index (χ3v) is 7.64. The summed E-state index contributed by atoms with van der Waals surface area (Å²) in [7, 11) is 0. The van der Waals surface area contributed by atoms with Crippen molar-refractivity contribution in [1.82, 2.24) is 16.0 Å². The van der Waals surface area contributed by atoms with Crippen molar-refractivity contribution in [2.75, 3.05) is 13.2 Å². The Kier molecular flexibility index (Phi) is 11.7. The number of benzene rings is 3. The molecule has 2 atom stereocenters. The number of aliphatic hydroxyl groups excluding tert-OH is 1. The molecule has 228 valence electrons. The number of hydrogen-bond donors (Lipinski definition) is 4. The molecule has 8 nitrogen and oxygen atoms in total. The first-order chi connectivity index (χ1) is 21.2. The highest BCUT2D eigenvalue weighted by Gasteiger charge is 2.21. The maximum Gasteiger partial charge on any atom is 0.253 e. The van der Waals surface area contributed by atoms with Crippen molar-refractivity contribution in [3.63, 3.8) is 0 Å². The lowest BCUT2D eigenvalue weighted by Gasteiger charge is -2.19. The standard InChI is InChI=1S/C35H37ClN4O4/c1-23-4-10-27(11-5-23)24(2)39-22-30-13-15-33(44-30)28-12-14-32(36)31(19-28)35(43)40-29(20-34(42)38-16-3-17-41)18-25-6-8-26(21-37)9-7-25/h4-15,19,24,29,39,41H,3,16-18,20,22H2,1-2H3,(H,38,42)(H,40,43). The van der Waals surface area contributed by atoms with Gasteiger partial charge in [0.2, 0.25) is 5.91 Å². The maximum atomic E-state index is 13.5. The second-order valence-corrected chi connectivity index (χ2v) is 11.2. The topological polar surface area (TPSA) is 127 Å². The van der Waals surface area contributed by atoms with Crippen LogP contribution in [0.25, 0.3) is 11.3 Å². The van der Waals surface area contributed by atoms with Crippen LogP contribution in [-0.4, -0.2) is 36.1 Å². The van der Waals surface area contributed by atoms with Crippen molar-refractivity contribution in [1.29, 1.82) is 5.26 Å². The molecule has 0 fully saturated rings. The summed E-state index contributed by atoms with van der Waals surface area (Å²) in [6, 6.07) is 26.0. The highest BCUT2D eigenvalue weighted by atomic mass is 35.5. The number of furan rings is 1. The molecule has 9 heteroatoms. The molecule has 0 aliphatic heterocycles. The third kappa shape index (κ3) is 9.29. The number of aliphatic hydroxyl groups is 1. The molecule has 0 saturated heterocycles. The summed E-state index contributed by atoms with van der Waals surface area (Å²) in [5.41, 5.74) is 4.76. The van der Waals surface area contributed by atoms with E-state index in [2.05, 4.69) is 60.1 Å². The molecule has 0 bridgehead atoms. The smallest absolute Gasteiger partial charge is 0.253 e. The minimum atomic E-state index is -0.541. The Balaban J connectivity index is 1.45. The van der Waals surface area contributed by atoms with Gasteiger partial charge in [-0.15, -0.1) is 0 Å². The van der Waals surface area contributed by atoms with Crippen molar-refractivity contribution < 1.29 is 19.1 Å². The highest BCUT2D eigenvalue weighted by Crippen LogP contribution is 2.28. The van der Waals surface area contributed by atoms with Gasteiger partial charge in [0.1, 0.15) is 11.5 Å². The Labute approximate surface area is 263 Å². The number of carbonyl (C=O) groups is 2. The summed E-state index contributed by atoms with van der Waals surface area (Å²) in [6.07, 6.45) is 0.846. The number of nitrogens with zero attached hydrogens (tertiary/aromatic N) is 1. The molecule has 2 unspecified atom stereocenters. The first-order valence-corrected chi connectivity index (χ1v) is 15.0. The van der Waals surface area contributed by atoms with Crippen LogP contribution in [0, 0.1) is 18.3 Å². The van der Waals surface area contributed by atoms with Crippen LogP contribution in [0.1, 0.15) is 64.2 Å². The number of aryl methyl sites for hydroxylation is 1. The number of carbonyl (C=O) groups excluding carboxylic acids is 2. The Morgan fingerprint density at radius 2 is 1.77 bits per heavy atom. The van der Waals surface area contributed by atoms with E-state index in [0.717, 1.165) is 11.3 Å². The van der Waals surface area contributed by atoms with E-state index in [1.165, 1.54) is 11.1 Å². The fraction of sp³-hybridized carbons (Fsp3) is 0.286. The first kappa shape index (κ1) is 32.5. The van der Waals surface area contributed by atoms with Gasteiger partial charge < -0.3 is 25.5 Å². The molecule has 4 aromatic rings. The summed E-state index contributed by atoms with van der Waals surface area (Å²) >= 11 is 6.47. The van der Waals surface area contributed by atoms with Crippen LogP contribution < -0.4 is 16.0 Å². The Morgan fingerprint density at radius 1 is 1.02 bits per heavy atom. The fourth-order valence-corrected chi connectivity index (χ4v) is 4.95. The largest absolute Gasteiger partial charge is 0.460 e. The van der Waals surface area contributed by atoms with Gasteiger partial charge in [-0.2, -0.15) is 5.26 Å². The van der Waals surface area contributed by atoms with Crippen molar-refractivity contribution in [2.24, 2.45) is 0 Å². The van der Waals surface area contributed by atoms with Gasteiger partial charge in [-0.3, -0.25) is 9.59 Å². The fourth-order valence-electron chi connectivity index (χ4n) is 4.75. The van der Waals surface area contributed by atoms with Gasteiger partial charge in [0.15, 0.2) is 0 Å². The predicted molar refractivity (Wildman–Crippen MR) is 171 cm³/mol. The van der Waals surface area contributed by atoms with E-state index in [1.54, 1.807) is 42.5 Å². The van der Waals surface area contributed by atoms with Crippen LogP contribution in [0.5, 0.6) is 0 Å². The summed E-state index contributed by atoms with van der Waals surface area (Å²) in [4.78, 5) is 26.1. The third-order valence-electron chi connectivity index (χ3n) is 7.31. The van der Waals surface area contributed by atoms with Crippen LogP contribution in [0.15, 0.2) is 83.3 Å². The summed E-state index contributed by atoms with van der Waals surface area (Å²) in [6.45, 7) is 5.02. The molecule has 0 aliphatic rings. The van der Waals surface area contributed by atoms with E-state index in [4.69, 9.17) is 26.4 Å². The molecular formula is C35H37ClN4O4. The quantitative estimate of drug-likeness (QED) is 0.132. The van der Waals surface area contributed by atoms with Crippen LogP contribution in [0.3, 0.4) is 0 Å². The van der Waals surface area contributed by atoms with Crippen molar-refractivity contribution in [2.45, 2.75) is 51.7 Å². The van der Waals surface area contributed by atoms with Crippen molar-refractivity contribution >= 4 is 23.4 Å². The maximum absolute atomic E-state index is 13.5. The molecule has 3 aromatic carbocycles. The van der Waals surface area contributed by atoms with Gasteiger partial charge in [0.25, 0.3) is 5.91 Å². The number of nitrogens with one attached hydrogen (secondary N) is 3. The number of rotatable bonds is 14. The Hall–Kier alpha value is -4.42. The van der Waals surface area contributed by atoms with Gasteiger partial charge in [0, 0.05) is 37.2 Å². The highest BCUT2D eigenvalue weighted by molar-refractivity contribution is 6.34. The summed E-state index contributed by atoms with van der Waals surface area (Å²) in [5, 5.41) is 27.6. The molecular weight excluding hydrogens is 576 g/mol. The molecule has 44 heavy (non-hydrogen) atoms. The van der Waals surface area contributed by atoms with E-state index in [-0.39, 0.29) is 35.6 Å². The first-order valence-electron chi connectivity index (χ1n) is 14.6. The minimum absolute atomic E-state index is 0.0270. The average molecular weight is 613 g/mol. The minimum Gasteiger partial charge on any atom is -0.460 e. The Morgan fingerprint density at radius 3 is 2.48 bits per heavy atom. The lowest BCUT2D eigenvalue weighted by Crippen LogP contribution is -2.41. The number of amides is 2. The zero-order valence-corrected chi connectivity index (χ0v) is 25.7. The molecule has 0 spiro atoms. The predicted octanol–water partition coefficient (Wildman–Crippen LogP) is 5.86. The molecule has 4 N–H and O–H groups in total. The van der Waals surface area contributed by atoms with E-state index in [0.29, 0.717) is 42.8 Å². The number of hydrogen-bond acceptors (Lipinski definition) is 6. The zero-order chi connectivity index (χ0) is 31.5. The van der Waals surface area contributed by atoms with Crippen molar-refractivity contribution in [3.8, 4) is 17.4 Å². The number of halogens is 1. The summed E-state index contributed by atoms with van der Waals surface area (Å²) in [5.74, 6) is 0.701. The molecule has 4 rings (SSSR count). The van der Waals surface area contributed by atoms with Gasteiger partial charge >= 0.3 is 0 Å². The monoisotopic (exact) mass is 612 g/mol. The summed E-state index contributed by atoms with van der Waals surface area (Å²) < 4.78 is 6.10. The molecule has 1 aromatic heterocycles. The van der Waals surface area contributed by atoms with Gasteiger partial charge in [-0.05, 0) is 80.3 Å². The van der Waals surface area contributed by atoms with E-state index >= 15 is 0 Å². The number of nitriles is 1. The lowest BCUT2D eigenvalue weighted by atomic mass is 10.0. The van der Waals surface area contributed by atoms with Crippen LogP contribution in [0.4, 0.5) is 0 Å². The van der Waals surface area contributed by atoms with Gasteiger partial charge in [-0.1, -0.05) is 53.6 Å². The molecule has 0 saturated carbocycles. The lowest BCUT2D eigenvalue weighted by molar-refractivity contribution is -0.121. The van der Waals surface area contributed by atoms with Crippen LogP contribution in [-0.2, 0) is 17.8 Å². The van der Waals surface area contributed by atoms with Gasteiger partial charge in [0.05, 0.1) is 28.8 Å². The van der Waals surface area contributed by atoms with E-state index < -0.39 is 11.9 Å². The van der Waals surface area contributed by atoms with E-state index in [1.807, 2.05) is 12.1 Å². The van der Waals surface area contributed by atoms with Crippen LogP contribution in [0.2, 0.25) is 5.02 Å². The zero-order valence-electron chi connectivity index (χ0n) is 24.9. The second kappa shape index (κ2) is 15.9. The van der Waals surface area contributed by atoms with E-state index in [9.17, 15) is 9.59 Å². The molecule has 0 radical (unpaired) electrons. The normalized spacial score (nSPS) is 12.2. The Bertz CT molecular complexity index is 1590. The van der Waals surface area contributed by atoms with Crippen LogP contribution >= 0.6 is 11.6 Å². The molecule has 0 aliphatic carbocycles. The second-order valence-electron chi connectivity index (χ2n) is 10.8. The van der Waals surface area contributed by atoms with Crippen molar-refractivity contribution in [3.05, 3.63) is 117 Å². The average Bonchev–Trinajstić information content (AvgIpc) is 3.50. The molecule has 2 amide bonds.